The molecule has 0 spiro atoms. The second-order valence-electron chi connectivity index (χ2n) is 9.09. The molecule has 0 radical (unpaired) electrons. The normalized spacial score (nSPS) is 18.7. The molecule has 1 fully saturated rings. The molecule has 0 aliphatic carbocycles. The van der Waals surface area contributed by atoms with Gasteiger partial charge in [0.1, 0.15) is 11.5 Å². The van der Waals surface area contributed by atoms with Gasteiger partial charge in [-0.1, -0.05) is 51.1 Å². The van der Waals surface area contributed by atoms with E-state index in [0.717, 1.165) is 28.4 Å². The minimum atomic E-state index is -0.183. The number of anilines is 2. The SMILES string of the molecule is COc1ccc(N2C(=O)N(c3ccc(OC)cc3)[C@@H](C(C)(C)C)[C@H]2c2ccccc2)cc1. The van der Waals surface area contributed by atoms with Crippen LogP contribution in [0.15, 0.2) is 78.9 Å². The van der Waals surface area contributed by atoms with Gasteiger partial charge in [-0.05, 0) is 59.5 Å². The zero-order valence-electron chi connectivity index (χ0n) is 19.3. The topological polar surface area (TPSA) is 42.0 Å². The van der Waals surface area contributed by atoms with Gasteiger partial charge in [0.2, 0.25) is 0 Å². The Morgan fingerprint density at radius 3 is 1.59 bits per heavy atom. The van der Waals surface area contributed by atoms with Crippen molar-refractivity contribution in [3.8, 4) is 11.5 Å². The van der Waals surface area contributed by atoms with E-state index in [1.807, 2.05) is 76.5 Å². The van der Waals surface area contributed by atoms with Crippen molar-refractivity contribution in [2.24, 2.45) is 5.41 Å². The predicted octanol–water partition coefficient (Wildman–Crippen LogP) is 6.31. The molecule has 1 aliphatic heterocycles. The van der Waals surface area contributed by atoms with E-state index >= 15 is 0 Å². The number of carbonyl (C=O) groups excluding carboxylic acids is 1. The number of hydrogen-bond acceptors (Lipinski definition) is 3. The van der Waals surface area contributed by atoms with Crippen LogP contribution in [-0.2, 0) is 0 Å². The highest BCUT2D eigenvalue weighted by molar-refractivity contribution is 6.08. The fraction of sp³-hybridized carbons (Fsp3) is 0.296. The van der Waals surface area contributed by atoms with Gasteiger partial charge in [-0.2, -0.15) is 0 Å². The van der Waals surface area contributed by atoms with Gasteiger partial charge in [0.15, 0.2) is 0 Å². The maximum absolute atomic E-state index is 14.0. The highest BCUT2D eigenvalue weighted by Gasteiger charge is 2.52. The zero-order valence-corrected chi connectivity index (χ0v) is 19.3. The lowest BCUT2D eigenvalue weighted by atomic mass is 9.79. The minimum absolute atomic E-state index is 0.0471. The van der Waals surface area contributed by atoms with Crippen LogP contribution < -0.4 is 19.3 Å². The van der Waals surface area contributed by atoms with Crippen molar-refractivity contribution in [3.63, 3.8) is 0 Å². The maximum atomic E-state index is 14.0. The van der Waals surface area contributed by atoms with E-state index in [0.29, 0.717) is 0 Å². The number of benzene rings is 3. The van der Waals surface area contributed by atoms with Gasteiger partial charge in [-0.25, -0.2) is 4.79 Å². The third kappa shape index (κ3) is 3.91. The molecule has 1 heterocycles. The summed E-state index contributed by atoms with van der Waals surface area (Å²) in [5, 5.41) is 0. The molecule has 2 atom stereocenters. The van der Waals surface area contributed by atoms with Gasteiger partial charge in [0.05, 0.1) is 26.3 Å². The monoisotopic (exact) mass is 430 g/mol. The van der Waals surface area contributed by atoms with Crippen molar-refractivity contribution in [3.05, 3.63) is 84.4 Å². The molecule has 1 saturated heterocycles. The van der Waals surface area contributed by atoms with Crippen molar-refractivity contribution in [2.45, 2.75) is 32.9 Å². The van der Waals surface area contributed by atoms with Gasteiger partial charge in [-0.3, -0.25) is 9.80 Å². The molecule has 166 valence electrons. The Morgan fingerprint density at radius 1 is 0.688 bits per heavy atom. The largest absolute Gasteiger partial charge is 0.497 e. The van der Waals surface area contributed by atoms with E-state index in [-0.39, 0.29) is 23.5 Å². The summed E-state index contributed by atoms with van der Waals surface area (Å²) in [4.78, 5) is 17.9. The van der Waals surface area contributed by atoms with E-state index in [9.17, 15) is 4.79 Å². The van der Waals surface area contributed by atoms with Crippen molar-refractivity contribution in [2.75, 3.05) is 24.0 Å². The third-order valence-corrected chi connectivity index (χ3v) is 6.00. The molecule has 2 amide bonds. The molecular weight excluding hydrogens is 400 g/mol. The average Bonchev–Trinajstić information content (AvgIpc) is 3.13. The number of carbonyl (C=O) groups is 1. The van der Waals surface area contributed by atoms with E-state index in [1.54, 1.807) is 14.2 Å². The van der Waals surface area contributed by atoms with Crippen molar-refractivity contribution >= 4 is 17.4 Å². The van der Waals surface area contributed by atoms with Crippen molar-refractivity contribution in [1.29, 1.82) is 0 Å². The summed E-state index contributed by atoms with van der Waals surface area (Å²) in [5.74, 6) is 1.52. The summed E-state index contributed by atoms with van der Waals surface area (Å²) in [6, 6.07) is 25.4. The van der Waals surface area contributed by atoms with Crippen LogP contribution in [0, 0.1) is 5.41 Å². The Kier molecular flexibility index (Phi) is 5.83. The summed E-state index contributed by atoms with van der Waals surface area (Å²) < 4.78 is 10.7. The van der Waals surface area contributed by atoms with E-state index in [4.69, 9.17) is 9.47 Å². The summed E-state index contributed by atoms with van der Waals surface area (Å²) in [6.45, 7) is 6.57. The van der Waals surface area contributed by atoms with Crippen LogP contribution >= 0.6 is 0 Å². The number of amides is 2. The third-order valence-electron chi connectivity index (χ3n) is 6.00. The first kappa shape index (κ1) is 21.8. The Labute approximate surface area is 190 Å². The Hall–Kier alpha value is -3.47. The Balaban J connectivity index is 1.89. The molecule has 0 saturated carbocycles. The average molecular weight is 431 g/mol. The molecule has 3 aromatic rings. The molecule has 0 aromatic heterocycles. The molecule has 0 unspecified atom stereocenters. The number of ether oxygens (including phenoxy) is 2. The highest BCUT2D eigenvalue weighted by atomic mass is 16.5. The maximum Gasteiger partial charge on any atom is 0.329 e. The number of rotatable bonds is 5. The lowest BCUT2D eigenvalue weighted by molar-refractivity contribution is 0.252. The second-order valence-corrected chi connectivity index (χ2v) is 9.09. The predicted molar refractivity (Wildman–Crippen MR) is 129 cm³/mol. The quantitative estimate of drug-likeness (QED) is 0.477. The summed E-state index contributed by atoms with van der Waals surface area (Å²) >= 11 is 0. The fourth-order valence-corrected chi connectivity index (χ4v) is 4.51. The first-order valence-corrected chi connectivity index (χ1v) is 10.8. The smallest absolute Gasteiger partial charge is 0.329 e. The lowest BCUT2D eigenvalue weighted by Gasteiger charge is -2.38. The summed E-state index contributed by atoms with van der Waals surface area (Å²) in [6.07, 6.45) is 0. The van der Waals surface area contributed by atoms with Crippen LogP contribution in [0.2, 0.25) is 0 Å². The zero-order chi connectivity index (χ0) is 22.9. The molecule has 0 N–H and O–H groups in total. The van der Waals surface area contributed by atoms with Crippen LogP contribution in [0.1, 0.15) is 32.4 Å². The standard InChI is InChI=1S/C27H30N2O3/c1-27(2,3)25-24(19-9-7-6-8-10-19)28(20-11-15-22(31-4)16-12-20)26(30)29(25)21-13-17-23(32-5)18-14-21/h6-18,24-25H,1-5H3/t24-,25-/m1/s1. The van der Waals surface area contributed by atoms with Crippen LogP contribution in [0.5, 0.6) is 11.5 Å². The van der Waals surface area contributed by atoms with Gasteiger partial charge >= 0.3 is 6.03 Å². The summed E-state index contributed by atoms with van der Waals surface area (Å²) in [5.41, 5.74) is 2.62. The van der Waals surface area contributed by atoms with E-state index < -0.39 is 0 Å². The Bertz CT molecular complexity index is 1060. The first-order chi connectivity index (χ1) is 15.3. The van der Waals surface area contributed by atoms with Crippen molar-refractivity contribution in [1.82, 2.24) is 0 Å². The van der Waals surface area contributed by atoms with E-state index in [2.05, 4.69) is 32.9 Å². The van der Waals surface area contributed by atoms with Crippen LogP contribution in [-0.4, -0.2) is 26.3 Å². The Morgan fingerprint density at radius 2 is 1.16 bits per heavy atom. The van der Waals surface area contributed by atoms with Gasteiger partial charge in [0.25, 0.3) is 0 Å². The molecule has 4 rings (SSSR count). The molecule has 5 nitrogen and oxygen atoms in total. The molecule has 0 bridgehead atoms. The first-order valence-electron chi connectivity index (χ1n) is 10.8. The van der Waals surface area contributed by atoms with Gasteiger partial charge in [0, 0.05) is 11.4 Å². The molecule has 5 heteroatoms. The molecular formula is C27H30N2O3. The van der Waals surface area contributed by atoms with Gasteiger partial charge < -0.3 is 9.47 Å². The molecule has 32 heavy (non-hydrogen) atoms. The number of hydrogen-bond donors (Lipinski definition) is 0. The van der Waals surface area contributed by atoms with Gasteiger partial charge in [-0.15, -0.1) is 0 Å². The number of urea groups is 1. The lowest BCUT2D eigenvalue weighted by Crippen LogP contribution is -2.43. The van der Waals surface area contributed by atoms with Crippen LogP contribution in [0.4, 0.5) is 16.2 Å². The fourth-order valence-electron chi connectivity index (χ4n) is 4.51. The number of nitrogens with zero attached hydrogens (tertiary/aromatic N) is 2. The second kappa shape index (κ2) is 8.58. The summed E-state index contributed by atoms with van der Waals surface area (Å²) in [7, 11) is 3.29. The minimum Gasteiger partial charge on any atom is -0.497 e. The van der Waals surface area contributed by atoms with E-state index in [1.165, 1.54) is 0 Å². The van der Waals surface area contributed by atoms with Crippen molar-refractivity contribution < 1.29 is 14.3 Å². The van der Waals surface area contributed by atoms with Crippen LogP contribution in [0.3, 0.4) is 0 Å². The number of methoxy groups -OCH3 is 2. The highest BCUT2D eigenvalue weighted by Crippen LogP contribution is 2.47. The molecule has 3 aromatic carbocycles. The molecule has 1 aliphatic rings. The van der Waals surface area contributed by atoms with Crippen LogP contribution in [0.25, 0.3) is 0 Å².